The number of nitrogens with zero attached hydrogens (tertiary/aromatic N) is 8. The van der Waals surface area contributed by atoms with Crippen molar-refractivity contribution in [1.82, 2.24) is 39.5 Å². The Balaban J connectivity index is 0.907. The van der Waals surface area contributed by atoms with Gasteiger partial charge in [0.05, 0.1) is 22.8 Å². The third-order valence-corrected chi connectivity index (χ3v) is 12.5. The quantitative estimate of drug-likeness (QED) is 0.0605. The fraction of sp³-hybridized carbons (Fsp3) is 0.154. The summed E-state index contributed by atoms with van der Waals surface area (Å²) in [6, 6.07) is 38.1. The summed E-state index contributed by atoms with van der Waals surface area (Å²) in [5.41, 5.74) is 5.37. The van der Waals surface area contributed by atoms with E-state index in [0.717, 1.165) is 55.1 Å². The molecule has 0 saturated heterocycles. The number of benzene rings is 5. The van der Waals surface area contributed by atoms with Crippen LogP contribution in [0.5, 0.6) is 0 Å². The number of amides is 4. The van der Waals surface area contributed by atoms with Crippen molar-refractivity contribution >= 4 is 66.7 Å². The lowest BCUT2D eigenvalue weighted by Crippen LogP contribution is -2.44. The molecule has 9 aromatic rings. The zero-order valence-electron chi connectivity index (χ0n) is 34.7. The largest absolute Gasteiger partial charge is 0.290 e. The molecule has 12 heteroatoms. The van der Waals surface area contributed by atoms with Gasteiger partial charge < -0.3 is 0 Å². The number of fused-ring (bicyclic) bond motifs is 2. The van der Waals surface area contributed by atoms with Gasteiger partial charge in [0.25, 0.3) is 23.6 Å². The SMILES string of the molecule is O=C1c2ccc3c4ccc5c6c(ccc(c7ccc(c2c37)C(=O)N1CCN(Cc1ccccn1)Cc1ccccn1)c64)C(=O)N(CCN(Cc1ccccn1)Cc1ccccn1)C5=O. The first-order valence-electron chi connectivity index (χ1n) is 21.4. The van der Waals surface area contributed by atoms with Crippen LogP contribution < -0.4 is 0 Å². The fourth-order valence-electron chi connectivity index (χ4n) is 9.57. The monoisotopic (exact) mass is 840 g/mol. The molecule has 0 unspecified atom stereocenters. The molecular formula is C52H40N8O4. The highest BCUT2D eigenvalue weighted by molar-refractivity contribution is 6.41. The minimum absolute atomic E-state index is 0.182. The van der Waals surface area contributed by atoms with E-state index >= 15 is 0 Å². The third kappa shape index (κ3) is 6.80. The first-order valence-corrected chi connectivity index (χ1v) is 21.4. The second-order valence-electron chi connectivity index (χ2n) is 16.4. The number of hydrogen-bond donors (Lipinski definition) is 0. The van der Waals surface area contributed by atoms with Gasteiger partial charge in [0.2, 0.25) is 0 Å². The van der Waals surface area contributed by atoms with Crippen LogP contribution in [0, 0.1) is 0 Å². The molecule has 0 N–H and O–H groups in total. The minimum Gasteiger partial charge on any atom is -0.290 e. The number of rotatable bonds is 14. The molecule has 0 saturated carbocycles. The van der Waals surface area contributed by atoms with Crippen molar-refractivity contribution < 1.29 is 19.2 Å². The smallest absolute Gasteiger partial charge is 0.261 e. The molecule has 0 spiro atoms. The van der Waals surface area contributed by atoms with Crippen LogP contribution in [0.25, 0.3) is 43.1 Å². The molecule has 5 aromatic carbocycles. The summed E-state index contributed by atoms with van der Waals surface area (Å²) in [5.74, 6) is -1.38. The van der Waals surface area contributed by atoms with Gasteiger partial charge in [-0.3, -0.25) is 58.7 Å². The number of aromatic nitrogens is 4. The van der Waals surface area contributed by atoms with Crippen LogP contribution in [0.4, 0.5) is 0 Å². The van der Waals surface area contributed by atoms with E-state index in [1.54, 1.807) is 24.8 Å². The molecule has 11 rings (SSSR count). The zero-order valence-corrected chi connectivity index (χ0v) is 34.7. The Hall–Kier alpha value is -7.80. The highest BCUT2D eigenvalue weighted by atomic mass is 16.2. The molecule has 0 radical (unpaired) electrons. The summed E-state index contributed by atoms with van der Waals surface area (Å²) in [7, 11) is 0. The van der Waals surface area contributed by atoms with Gasteiger partial charge in [-0.05, 0) is 105 Å². The molecule has 12 nitrogen and oxygen atoms in total. The van der Waals surface area contributed by atoms with E-state index in [0.29, 0.717) is 72.3 Å². The Morgan fingerprint density at radius 1 is 0.344 bits per heavy atom. The fourth-order valence-corrected chi connectivity index (χ4v) is 9.57. The molecule has 64 heavy (non-hydrogen) atoms. The highest BCUT2D eigenvalue weighted by Crippen LogP contribution is 2.46. The molecule has 2 aliphatic rings. The second-order valence-corrected chi connectivity index (χ2v) is 16.4. The van der Waals surface area contributed by atoms with Gasteiger partial charge in [-0.2, -0.15) is 0 Å². The van der Waals surface area contributed by atoms with E-state index in [-0.39, 0.29) is 36.7 Å². The van der Waals surface area contributed by atoms with Crippen molar-refractivity contribution in [1.29, 1.82) is 0 Å². The average molecular weight is 841 g/mol. The molecule has 4 aromatic heterocycles. The van der Waals surface area contributed by atoms with Crippen LogP contribution in [-0.4, -0.2) is 89.3 Å². The van der Waals surface area contributed by atoms with Crippen molar-refractivity contribution in [3.63, 3.8) is 0 Å². The topological polar surface area (TPSA) is 133 Å². The average Bonchev–Trinajstić information content (AvgIpc) is 3.33. The van der Waals surface area contributed by atoms with Gasteiger partial charge in [-0.25, -0.2) is 0 Å². The van der Waals surface area contributed by atoms with E-state index in [1.807, 2.05) is 121 Å². The summed E-state index contributed by atoms with van der Waals surface area (Å²) in [5, 5.41) is 6.26. The predicted octanol–water partition coefficient (Wildman–Crippen LogP) is 7.91. The predicted molar refractivity (Wildman–Crippen MR) is 244 cm³/mol. The van der Waals surface area contributed by atoms with E-state index in [2.05, 4.69) is 29.7 Å². The molecule has 0 aliphatic carbocycles. The minimum atomic E-state index is -0.345. The summed E-state index contributed by atoms with van der Waals surface area (Å²) >= 11 is 0. The molecule has 4 amide bonds. The maximum atomic E-state index is 14.4. The van der Waals surface area contributed by atoms with Gasteiger partial charge in [0, 0.05) is 110 Å². The standard InChI is InChI=1S/C52H40N8O4/c61-49-41-17-13-37-39-15-19-43-48-44(52(64)60(51(43)63)28-26-58(31-35-11-3-7-23-55-35)32-36-12-4-8-24-56-36)20-16-40(46(39)48)38-14-18-42(47(41)45(37)38)50(62)59(49)27-25-57(29-33-9-1-5-21-53-33)30-34-10-2-6-22-54-34/h1-24H,25-32H2. The molecule has 0 bridgehead atoms. The maximum Gasteiger partial charge on any atom is 0.261 e. The van der Waals surface area contributed by atoms with Crippen molar-refractivity contribution in [2.75, 3.05) is 26.2 Å². The van der Waals surface area contributed by atoms with E-state index in [1.165, 1.54) is 9.80 Å². The summed E-state index contributed by atoms with van der Waals surface area (Å²) < 4.78 is 0. The van der Waals surface area contributed by atoms with Crippen molar-refractivity contribution in [3.8, 4) is 0 Å². The maximum absolute atomic E-state index is 14.4. The lowest BCUT2D eigenvalue weighted by molar-refractivity contribution is 0.0573. The lowest BCUT2D eigenvalue weighted by Gasteiger charge is -2.32. The molecule has 6 heterocycles. The number of imide groups is 2. The lowest BCUT2D eigenvalue weighted by atomic mass is 9.82. The van der Waals surface area contributed by atoms with Gasteiger partial charge in [0.1, 0.15) is 0 Å². The number of pyridine rings is 4. The molecule has 0 fully saturated rings. The van der Waals surface area contributed by atoms with Crippen molar-refractivity contribution in [3.05, 3.63) is 191 Å². The van der Waals surface area contributed by atoms with Gasteiger partial charge >= 0.3 is 0 Å². The first kappa shape index (κ1) is 39.1. The number of hydrogen-bond acceptors (Lipinski definition) is 10. The van der Waals surface area contributed by atoms with Gasteiger partial charge in [-0.1, -0.05) is 48.5 Å². The Morgan fingerprint density at radius 2 is 0.625 bits per heavy atom. The molecule has 2 aliphatic heterocycles. The second kappa shape index (κ2) is 16.2. The van der Waals surface area contributed by atoms with E-state index in [4.69, 9.17) is 0 Å². The normalized spacial score (nSPS) is 13.8. The van der Waals surface area contributed by atoms with Crippen molar-refractivity contribution in [2.45, 2.75) is 26.2 Å². The molecular weight excluding hydrogens is 801 g/mol. The Morgan fingerprint density at radius 3 is 0.875 bits per heavy atom. The third-order valence-electron chi connectivity index (χ3n) is 12.5. The molecule has 312 valence electrons. The number of carbonyl (C=O) groups excluding carboxylic acids is 4. The van der Waals surface area contributed by atoms with Crippen LogP contribution in [-0.2, 0) is 26.2 Å². The van der Waals surface area contributed by atoms with E-state index < -0.39 is 0 Å². The van der Waals surface area contributed by atoms with Crippen LogP contribution in [0.3, 0.4) is 0 Å². The summed E-state index contributed by atoms with van der Waals surface area (Å²) in [4.78, 5) is 82.6. The highest BCUT2D eigenvalue weighted by Gasteiger charge is 2.37. The van der Waals surface area contributed by atoms with Crippen LogP contribution >= 0.6 is 0 Å². The van der Waals surface area contributed by atoms with Crippen LogP contribution in [0.15, 0.2) is 146 Å². The summed E-state index contributed by atoms with van der Waals surface area (Å²) in [6.07, 6.45) is 7.03. The Kier molecular flexibility index (Phi) is 9.86. The van der Waals surface area contributed by atoms with Gasteiger partial charge in [0.15, 0.2) is 0 Å². The Labute approximate surface area is 367 Å². The Bertz CT molecular complexity index is 2850. The van der Waals surface area contributed by atoms with Gasteiger partial charge in [-0.15, -0.1) is 0 Å². The number of carbonyl (C=O) groups is 4. The van der Waals surface area contributed by atoms with Crippen LogP contribution in [0.2, 0.25) is 0 Å². The summed E-state index contributed by atoms with van der Waals surface area (Å²) in [6.45, 7) is 3.29. The van der Waals surface area contributed by atoms with E-state index in [9.17, 15) is 19.2 Å². The zero-order chi connectivity index (χ0) is 43.3. The van der Waals surface area contributed by atoms with Crippen molar-refractivity contribution in [2.24, 2.45) is 0 Å². The first-order chi connectivity index (χ1) is 31.4. The van der Waals surface area contributed by atoms with Crippen LogP contribution in [0.1, 0.15) is 64.2 Å². The molecule has 0 atom stereocenters.